The van der Waals surface area contributed by atoms with Crippen molar-refractivity contribution in [1.82, 2.24) is 4.90 Å². The van der Waals surface area contributed by atoms with E-state index in [0.717, 1.165) is 24.3 Å². The Kier molecular flexibility index (Phi) is 4.37. The van der Waals surface area contributed by atoms with Crippen LogP contribution in [0.4, 0.5) is 23.7 Å². The molecule has 0 aliphatic carbocycles. The van der Waals surface area contributed by atoms with Crippen molar-refractivity contribution in [2.45, 2.75) is 18.3 Å². The van der Waals surface area contributed by atoms with Gasteiger partial charge in [-0.05, 0) is 24.3 Å². The van der Waals surface area contributed by atoms with Gasteiger partial charge in [-0.25, -0.2) is 13.2 Å². The van der Waals surface area contributed by atoms with Gasteiger partial charge in [0.05, 0.1) is 10.8 Å². The molecule has 2 amide bonds. The van der Waals surface area contributed by atoms with Crippen molar-refractivity contribution in [3.8, 4) is 0 Å². The van der Waals surface area contributed by atoms with Crippen molar-refractivity contribution < 1.29 is 26.4 Å². The molecule has 1 heterocycles. The Morgan fingerprint density at radius 3 is 2.27 bits per heavy atom. The van der Waals surface area contributed by atoms with Crippen molar-refractivity contribution in [1.29, 1.82) is 0 Å². The third-order valence-electron chi connectivity index (χ3n) is 3.51. The summed E-state index contributed by atoms with van der Waals surface area (Å²) in [5.74, 6) is 0.0199. The van der Waals surface area contributed by atoms with E-state index in [2.05, 4.69) is 5.32 Å². The summed E-state index contributed by atoms with van der Waals surface area (Å²) in [6, 6.07) is 3.52. The van der Waals surface area contributed by atoms with Gasteiger partial charge in [0.15, 0.2) is 9.84 Å². The molecule has 1 N–H and O–H groups in total. The van der Waals surface area contributed by atoms with E-state index in [0.29, 0.717) is 0 Å². The normalized spacial score (nSPS) is 16.3. The Balaban J connectivity index is 1.92. The Labute approximate surface area is 126 Å². The van der Waals surface area contributed by atoms with Gasteiger partial charge in [-0.2, -0.15) is 13.2 Å². The van der Waals surface area contributed by atoms with Gasteiger partial charge in [-0.1, -0.05) is 6.92 Å². The van der Waals surface area contributed by atoms with Crippen molar-refractivity contribution in [2.75, 3.05) is 24.2 Å². The van der Waals surface area contributed by atoms with Crippen LogP contribution in [0, 0.1) is 0 Å². The van der Waals surface area contributed by atoms with Crippen LogP contribution in [0.3, 0.4) is 0 Å². The molecule has 0 aromatic heterocycles. The minimum Gasteiger partial charge on any atom is -0.322 e. The predicted octanol–water partition coefficient (Wildman–Crippen LogP) is 2.36. The Morgan fingerprint density at radius 2 is 1.82 bits per heavy atom. The third kappa shape index (κ3) is 3.52. The number of hydrogen-bond acceptors (Lipinski definition) is 3. The lowest BCUT2D eigenvalue weighted by atomic mass is 10.2. The lowest BCUT2D eigenvalue weighted by Crippen LogP contribution is -2.58. The van der Waals surface area contributed by atoms with Gasteiger partial charge in [0.25, 0.3) is 0 Å². The predicted molar refractivity (Wildman–Crippen MR) is 75.3 cm³/mol. The molecule has 9 heteroatoms. The number of alkyl halides is 3. The molecule has 5 nitrogen and oxygen atoms in total. The second kappa shape index (κ2) is 5.79. The molecule has 122 valence electrons. The number of anilines is 1. The summed E-state index contributed by atoms with van der Waals surface area (Å²) in [5, 5.41) is 1.88. The van der Waals surface area contributed by atoms with E-state index >= 15 is 0 Å². The highest BCUT2D eigenvalue weighted by molar-refractivity contribution is 7.92. The van der Waals surface area contributed by atoms with Crippen LogP contribution in [0.5, 0.6) is 0 Å². The Bertz CT molecular complexity index is 650. The first kappa shape index (κ1) is 16.6. The summed E-state index contributed by atoms with van der Waals surface area (Å²) in [6.07, 6.45) is -4.43. The first-order valence-electron chi connectivity index (χ1n) is 6.58. The first-order chi connectivity index (χ1) is 10.1. The van der Waals surface area contributed by atoms with Gasteiger partial charge in [0.1, 0.15) is 0 Å². The van der Waals surface area contributed by atoms with Gasteiger partial charge in [-0.15, -0.1) is 0 Å². The number of rotatable bonds is 3. The van der Waals surface area contributed by atoms with Crippen LogP contribution < -0.4 is 5.32 Å². The van der Waals surface area contributed by atoms with Gasteiger partial charge >= 0.3 is 12.2 Å². The average Bonchev–Trinajstić information content (AvgIpc) is 2.36. The van der Waals surface area contributed by atoms with Crippen LogP contribution >= 0.6 is 0 Å². The monoisotopic (exact) mass is 336 g/mol. The summed E-state index contributed by atoms with van der Waals surface area (Å²) in [7, 11) is -3.17. The highest BCUT2D eigenvalue weighted by atomic mass is 32.2. The molecule has 1 fully saturated rings. The fraction of sp³-hybridized carbons (Fsp3) is 0.462. The standard InChI is InChI=1S/C13H15F3N2O3S/c1-2-22(20,21)11-7-18(8-11)12(19)17-10-5-3-9(4-6-10)13(14,15)16/h3-6,11H,2,7-8H2,1H3,(H,17,19). The van der Waals surface area contributed by atoms with E-state index in [1.54, 1.807) is 6.92 Å². The van der Waals surface area contributed by atoms with E-state index in [1.807, 2.05) is 0 Å². The van der Waals surface area contributed by atoms with E-state index in [9.17, 15) is 26.4 Å². The number of halogens is 3. The molecule has 0 bridgehead atoms. The molecule has 0 atom stereocenters. The summed E-state index contributed by atoms with van der Waals surface area (Å²) < 4.78 is 60.4. The number of nitrogens with zero attached hydrogens (tertiary/aromatic N) is 1. The van der Waals surface area contributed by atoms with Crippen LogP contribution in [-0.2, 0) is 16.0 Å². The zero-order valence-electron chi connectivity index (χ0n) is 11.7. The van der Waals surface area contributed by atoms with E-state index in [-0.39, 0.29) is 24.5 Å². The maximum atomic E-state index is 12.4. The molecule has 0 saturated carbocycles. The number of carbonyl (C=O) groups excluding carboxylic acids is 1. The molecule has 1 saturated heterocycles. The van der Waals surface area contributed by atoms with Gasteiger partial charge in [0, 0.05) is 24.5 Å². The van der Waals surface area contributed by atoms with E-state index < -0.39 is 32.9 Å². The first-order valence-corrected chi connectivity index (χ1v) is 8.30. The van der Waals surface area contributed by atoms with E-state index in [4.69, 9.17) is 0 Å². The quantitative estimate of drug-likeness (QED) is 0.921. The number of carbonyl (C=O) groups is 1. The number of nitrogens with one attached hydrogen (secondary N) is 1. The van der Waals surface area contributed by atoms with Crippen LogP contribution in [0.1, 0.15) is 12.5 Å². The highest BCUT2D eigenvalue weighted by Crippen LogP contribution is 2.30. The van der Waals surface area contributed by atoms with Gasteiger partial charge < -0.3 is 10.2 Å². The highest BCUT2D eigenvalue weighted by Gasteiger charge is 2.38. The second-order valence-corrected chi connectivity index (χ2v) is 7.55. The molecular weight excluding hydrogens is 321 g/mol. The Hall–Kier alpha value is -1.77. The van der Waals surface area contributed by atoms with Crippen molar-refractivity contribution in [2.24, 2.45) is 0 Å². The minimum absolute atomic E-state index is 0.0199. The number of hydrogen-bond donors (Lipinski definition) is 1. The number of urea groups is 1. The van der Waals surface area contributed by atoms with Crippen LogP contribution in [0.15, 0.2) is 24.3 Å². The molecule has 1 aliphatic rings. The zero-order valence-corrected chi connectivity index (χ0v) is 12.5. The molecular formula is C13H15F3N2O3S. The summed E-state index contributed by atoms with van der Waals surface area (Å²) >= 11 is 0. The number of amides is 2. The van der Waals surface area contributed by atoms with Gasteiger partial charge in [0.2, 0.25) is 0 Å². The fourth-order valence-corrected chi connectivity index (χ4v) is 3.30. The topological polar surface area (TPSA) is 66.5 Å². The van der Waals surface area contributed by atoms with Crippen molar-refractivity contribution in [3.63, 3.8) is 0 Å². The number of likely N-dealkylation sites (tertiary alicyclic amines) is 1. The largest absolute Gasteiger partial charge is 0.416 e. The SMILES string of the molecule is CCS(=O)(=O)C1CN(C(=O)Nc2ccc(C(F)(F)F)cc2)C1. The average molecular weight is 336 g/mol. The minimum atomic E-state index is -4.43. The zero-order chi connectivity index (χ0) is 16.5. The molecule has 0 radical (unpaired) electrons. The summed E-state index contributed by atoms with van der Waals surface area (Å²) in [6.45, 7) is 1.74. The number of benzene rings is 1. The molecule has 1 aromatic rings. The lowest BCUT2D eigenvalue weighted by Gasteiger charge is -2.38. The molecule has 1 aliphatic heterocycles. The van der Waals surface area contributed by atoms with Crippen LogP contribution in [0.2, 0.25) is 0 Å². The second-order valence-electron chi connectivity index (χ2n) is 4.98. The number of sulfone groups is 1. The summed E-state index contributed by atoms with van der Waals surface area (Å²) in [4.78, 5) is 13.1. The molecule has 0 spiro atoms. The van der Waals surface area contributed by atoms with Crippen molar-refractivity contribution in [3.05, 3.63) is 29.8 Å². The Morgan fingerprint density at radius 1 is 1.27 bits per heavy atom. The maximum absolute atomic E-state index is 12.4. The van der Waals surface area contributed by atoms with Crippen LogP contribution in [0.25, 0.3) is 0 Å². The van der Waals surface area contributed by atoms with Crippen LogP contribution in [-0.4, -0.2) is 43.4 Å². The maximum Gasteiger partial charge on any atom is 0.416 e. The fourth-order valence-electron chi connectivity index (χ4n) is 2.01. The van der Waals surface area contributed by atoms with Gasteiger partial charge in [-0.3, -0.25) is 0 Å². The molecule has 2 rings (SSSR count). The lowest BCUT2D eigenvalue weighted by molar-refractivity contribution is -0.137. The third-order valence-corrected chi connectivity index (χ3v) is 5.63. The smallest absolute Gasteiger partial charge is 0.322 e. The summed E-state index contributed by atoms with van der Waals surface area (Å²) in [5.41, 5.74) is -0.580. The molecule has 1 aromatic carbocycles. The van der Waals surface area contributed by atoms with E-state index in [1.165, 1.54) is 4.90 Å². The molecule has 0 unspecified atom stereocenters. The molecule has 22 heavy (non-hydrogen) atoms. The van der Waals surface area contributed by atoms with Crippen molar-refractivity contribution >= 4 is 21.6 Å².